The largest absolute Gasteiger partial charge is 0.338 e. The molecule has 0 spiro atoms. The van der Waals surface area contributed by atoms with Gasteiger partial charge in [-0.1, -0.05) is 23.5 Å². The van der Waals surface area contributed by atoms with Crippen molar-refractivity contribution >= 4 is 17.2 Å². The van der Waals surface area contributed by atoms with Crippen LogP contribution in [0, 0.1) is 5.82 Å². The summed E-state index contributed by atoms with van der Waals surface area (Å²) in [7, 11) is 0. The molecule has 4 rings (SSSR count). The Kier molecular flexibility index (Phi) is 4.81. The van der Waals surface area contributed by atoms with Gasteiger partial charge >= 0.3 is 0 Å². The van der Waals surface area contributed by atoms with Crippen LogP contribution < -0.4 is 5.56 Å². The zero-order valence-electron chi connectivity index (χ0n) is 14.4. The number of likely N-dealkylation sites (tertiary alicyclic amines) is 1. The third kappa shape index (κ3) is 3.52. The Morgan fingerprint density at radius 2 is 2.07 bits per heavy atom. The number of hydrogen-bond donors (Lipinski definition) is 1. The number of rotatable bonds is 3. The fourth-order valence-corrected chi connectivity index (χ4v) is 4.26. The molecule has 1 unspecified atom stereocenters. The lowest BCUT2D eigenvalue weighted by Crippen LogP contribution is -2.41. The fourth-order valence-electron chi connectivity index (χ4n) is 3.27. The number of piperidine rings is 1. The van der Waals surface area contributed by atoms with Gasteiger partial charge in [-0.3, -0.25) is 9.59 Å². The molecular formula is C19H17FN4O2S. The number of amides is 1. The molecule has 1 aliphatic rings. The summed E-state index contributed by atoms with van der Waals surface area (Å²) in [6.07, 6.45) is 3.19. The number of H-pyrrole nitrogens is 1. The summed E-state index contributed by atoms with van der Waals surface area (Å²) in [4.78, 5) is 28.8. The van der Waals surface area contributed by atoms with E-state index < -0.39 is 0 Å². The summed E-state index contributed by atoms with van der Waals surface area (Å²) in [5.74, 6) is -0.576. The van der Waals surface area contributed by atoms with Gasteiger partial charge in [0.1, 0.15) is 16.4 Å². The zero-order valence-corrected chi connectivity index (χ0v) is 15.2. The van der Waals surface area contributed by atoms with Gasteiger partial charge in [0.2, 0.25) is 0 Å². The van der Waals surface area contributed by atoms with Crippen LogP contribution in [0.4, 0.5) is 4.39 Å². The first-order valence-electron chi connectivity index (χ1n) is 8.69. The molecule has 27 heavy (non-hydrogen) atoms. The number of carbonyl (C=O) groups excluding carboxylic acids is 1. The summed E-state index contributed by atoms with van der Waals surface area (Å²) in [5, 5.41) is 9.69. The van der Waals surface area contributed by atoms with E-state index in [2.05, 4.69) is 15.2 Å². The third-order valence-electron chi connectivity index (χ3n) is 4.65. The van der Waals surface area contributed by atoms with E-state index >= 15 is 0 Å². The lowest BCUT2D eigenvalue weighted by Gasteiger charge is -2.31. The maximum Gasteiger partial charge on any atom is 0.260 e. The first-order chi connectivity index (χ1) is 13.1. The van der Waals surface area contributed by atoms with E-state index in [0.717, 1.165) is 17.8 Å². The molecule has 1 aliphatic heterocycles. The SMILES string of the molecule is O=C(c1ccc[nH]c1=O)N1CCCC(c2nnc(-c3ccccc3F)s2)C1. The van der Waals surface area contributed by atoms with Gasteiger partial charge in [-0.2, -0.15) is 0 Å². The predicted octanol–water partition coefficient (Wildman–Crippen LogP) is 3.05. The van der Waals surface area contributed by atoms with Crippen molar-refractivity contribution in [3.8, 4) is 10.6 Å². The van der Waals surface area contributed by atoms with Gasteiger partial charge in [0, 0.05) is 30.8 Å². The van der Waals surface area contributed by atoms with Crippen molar-refractivity contribution in [2.24, 2.45) is 0 Å². The molecule has 2 aromatic heterocycles. The van der Waals surface area contributed by atoms with Crippen LogP contribution in [0.15, 0.2) is 47.4 Å². The van der Waals surface area contributed by atoms with Crippen molar-refractivity contribution in [1.29, 1.82) is 0 Å². The van der Waals surface area contributed by atoms with Crippen molar-refractivity contribution in [2.75, 3.05) is 13.1 Å². The van der Waals surface area contributed by atoms with Gasteiger partial charge in [-0.05, 0) is 37.1 Å². The Balaban J connectivity index is 1.54. The summed E-state index contributed by atoms with van der Waals surface area (Å²) in [6, 6.07) is 9.65. The minimum atomic E-state index is -0.387. The number of pyridine rings is 1. The lowest BCUT2D eigenvalue weighted by molar-refractivity contribution is 0.0705. The standard InChI is InChI=1S/C19H17FN4O2S/c20-15-8-2-1-6-13(15)18-23-22-17(27-18)12-5-4-10-24(11-12)19(26)14-7-3-9-21-16(14)25/h1-3,6-9,12H,4-5,10-11H2,(H,21,25). The Morgan fingerprint density at radius 3 is 2.89 bits per heavy atom. The van der Waals surface area contributed by atoms with Gasteiger partial charge in [-0.25, -0.2) is 4.39 Å². The second-order valence-corrected chi connectivity index (χ2v) is 7.44. The van der Waals surface area contributed by atoms with Crippen LogP contribution in [0.1, 0.15) is 34.1 Å². The van der Waals surface area contributed by atoms with Gasteiger partial charge in [0.25, 0.3) is 11.5 Å². The van der Waals surface area contributed by atoms with Crippen LogP contribution in [-0.4, -0.2) is 39.1 Å². The van der Waals surface area contributed by atoms with Crippen molar-refractivity contribution in [3.05, 3.63) is 69.3 Å². The van der Waals surface area contributed by atoms with Crippen LogP contribution in [0.3, 0.4) is 0 Å². The quantitative estimate of drug-likeness (QED) is 0.753. The van der Waals surface area contributed by atoms with Crippen LogP contribution >= 0.6 is 11.3 Å². The number of nitrogens with one attached hydrogen (secondary N) is 1. The molecule has 0 radical (unpaired) electrons. The van der Waals surface area contributed by atoms with E-state index in [-0.39, 0.29) is 28.8 Å². The van der Waals surface area contributed by atoms with E-state index in [0.29, 0.717) is 23.7 Å². The summed E-state index contributed by atoms with van der Waals surface area (Å²) in [5.41, 5.74) is 0.186. The Bertz CT molecular complexity index is 1030. The fraction of sp³-hybridized carbons (Fsp3) is 0.263. The topological polar surface area (TPSA) is 79.0 Å². The summed E-state index contributed by atoms with van der Waals surface area (Å²) in [6.45, 7) is 1.07. The molecular weight excluding hydrogens is 367 g/mol. The van der Waals surface area contributed by atoms with Crippen molar-refractivity contribution < 1.29 is 9.18 Å². The average Bonchev–Trinajstić information content (AvgIpc) is 3.18. The molecule has 0 bridgehead atoms. The monoisotopic (exact) mass is 384 g/mol. The van der Waals surface area contributed by atoms with Crippen molar-refractivity contribution in [1.82, 2.24) is 20.1 Å². The third-order valence-corrected chi connectivity index (χ3v) is 5.77. The zero-order chi connectivity index (χ0) is 18.8. The molecule has 1 aromatic carbocycles. The minimum Gasteiger partial charge on any atom is -0.338 e. The summed E-state index contributed by atoms with van der Waals surface area (Å²) < 4.78 is 14.0. The molecule has 6 nitrogen and oxygen atoms in total. The minimum absolute atomic E-state index is 0.0310. The van der Waals surface area contributed by atoms with E-state index in [1.54, 1.807) is 29.2 Å². The van der Waals surface area contributed by atoms with Crippen molar-refractivity contribution in [3.63, 3.8) is 0 Å². The highest BCUT2D eigenvalue weighted by Gasteiger charge is 2.29. The first-order valence-corrected chi connectivity index (χ1v) is 9.50. The Morgan fingerprint density at radius 1 is 1.22 bits per heavy atom. The van der Waals surface area contributed by atoms with Crippen LogP contribution in [0.2, 0.25) is 0 Å². The smallest absolute Gasteiger partial charge is 0.260 e. The van der Waals surface area contributed by atoms with Gasteiger partial charge in [0.15, 0.2) is 5.01 Å². The van der Waals surface area contributed by atoms with Crippen LogP contribution in [-0.2, 0) is 0 Å². The second kappa shape index (κ2) is 7.40. The van der Waals surface area contributed by atoms with E-state index in [1.165, 1.54) is 29.7 Å². The highest BCUT2D eigenvalue weighted by Crippen LogP contribution is 2.33. The molecule has 1 amide bonds. The number of aromatic nitrogens is 3. The maximum atomic E-state index is 14.0. The number of aromatic amines is 1. The molecule has 0 aliphatic carbocycles. The predicted molar refractivity (Wildman–Crippen MR) is 100 cm³/mol. The van der Waals surface area contributed by atoms with Gasteiger partial charge in [-0.15, -0.1) is 10.2 Å². The van der Waals surface area contributed by atoms with E-state index in [9.17, 15) is 14.0 Å². The molecule has 1 fully saturated rings. The van der Waals surface area contributed by atoms with Gasteiger partial charge in [0.05, 0.1) is 0 Å². The molecule has 1 atom stereocenters. The normalized spacial score (nSPS) is 17.1. The number of carbonyl (C=O) groups is 1. The molecule has 1 N–H and O–H groups in total. The highest BCUT2D eigenvalue weighted by molar-refractivity contribution is 7.14. The number of halogens is 1. The summed E-state index contributed by atoms with van der Waals surface area (Å²) >= 11 is 1.35. The number of nitrogens with zero attached hydrogens (tertiary/aromatic N) is 3. The number of hydrogen-bond acceptors (Lipinski definition) is 5. The van der Waals surface area contributed by atoms with Crippen LogP contribution in [0.5, 0.6) is 0 Å². The van der Waals surface area contributed by atoms with Crippen LogP contribution in [0.25, 0.3) is 10.6 Å². The highest BCUT2D eigenvalue weighted by atomic mass is 32.1. The van der Waals surface area contributed by atoms with Gasteiger partial charge < -0.3 is 9.88 Å². The molecule has 138 valence electrons. The Labute approximate surface area is 158 Å². The molecule has 1 saturated heterocycles. The number of benzene rings is 1. The molecule has 3 aromatic rings. The maximum absolute atomic E-state index is 14.0. The first kappa shape index (κ1) is 17.5. The molecule has 3 heterocycles. The molecule has 8 heteroatoms. The average molecular weight is 384 g/mol. The van der Waals surface area contributed by atoms with E-state index in [4.69, 9.17) is 0 Å². The molecule has 0 saturated carbocycles. The second-order valence-electron chi connectivity index (χ2n) is 6.43. The lowest BCUT2D eigenvalue weighted by atomic mass is 9.98. The van der Waals surface area contributed by atoms with Crippen molar-refractivity contribution in [2.45, 2.75) is 18.8 Å². The Hall–Kier alpha value is -2.87. The van der Waals surface area contributed by atoms with E-state index in [1.807, 2.05) is 0 Å².